The third-order valence-corrected chi connectivity index (χ3v) is 5.47. The molecule has 110 valence electrons. The minimum Gasteiger partial charge on any atom is -0.307 e. The third kappa shape index (κ3) is 3.09. The maximum atomic E-state index is 3.89. The Kier molecular flexibility index (Phi) is 4.45. The third-order valence-electron chi connectivity index (χ3n) is 5.47. The number of rotatable bonds is 4. The van der Waals surface area contributed by atoms with Crippen molar-refractivity contribution >= 4 is 0 Å². The van der Waals surface area contributed by atoms with Crippen LogP contribution in [0.2, 0.25) is 0 Å². The summed E-state index contributed by atoms with van der Waals surface area (Å²) in [4.78, 5) is 0. The van der Waals surface area contributed by atoms with Gasteiger partial charge in [-0.05, 0) is 61.6 Å². The lowest BCUT2D eigenvalue weighted by molar-refractivity contribution is 0.266. The topological polar surface area (TPSA) is 12.0 Å². The Labute approximate surface area is 124 Å². The number of hydrogen-bond donors (Lipinski definition) is 1. The van der Waals surface area contributed by atoms with Crippen LogP contribution in [0.4, 0.5) is 0 Å². The largest absolute Gasteiger partial charge is 0.307 e. The number of hydrogen-bond acceptors (Lipinski definition) is 1. The van der Waals surface area contributed by atoms with Gasteiger partial charge in [-0.3, -0.25) is 0 Å². The Morgan fingerprint density at radius 3 is 2.85 bits per heavy atom. The van der Waals surface area contributed by atoms with Crippen LogP contribution in [-0.2, 0) is 12.8 Å². The van der Waals surface area contributed by atoms with Crippen LogP contribution >= 0.6 is 0 Å². The van der Waals surface area contributed by atoms with E-state index in [2.05, 4.69) is 37.4 Å². The van der Waals surface area contributed by atoms with Gasteiger partial charge in [0.2, 0.25) is 0 Å². The highest BCUT2D eigenvalue weighted by Crippen LogP contribution is 2.29. The van der Waals surface area contributed by atoms with E-state index in [9.17, 15) is 0 Å². The lowest BCUT2D eigenvalue weighted by Crippen LogP contribution is -2.35. The Morgan fingerprint density at radius 2 is 2.00 bits per heavy atom. The fourth-order valence-electron chi connectivity index (χ4n) is 4.12. The van der Waals surface area contributed by atoms with Crippen molar-refractivity contribution in [2.75, 3.05) is 0 Å². The van der Waals surface area contributed by atoms with Gasteiger partial charge in [-0.25, -0.2) is 0 Å². The van der Waals surface area contributed by atoms with Crippen molar-refractivity contribution in [3.05, 3.63) is 34.9 Å². The zero-order valence-corrected chi connectivity index (χ0v) is 13.1. The molecule has 0 radical (unpaired) electrons. The highest BCUT2D eigenvalue weighted by atomic mass is 14.9. The highest BCUT2D eigenvalue weighted by molar-refractivity contribution is 5.36. The predicted molar refractivity (Wildman–Crippen MR) is 86.1 cm³/mol. The normalized spacial score (nSPS) is 27.3. The van der Waals surface area contributed by atoms with Gasteiger partial charge in [0.25, 0.3) is 0 Å². The number of benzene rings is 1. The van der Waals surface area contributed by atoms with Gasteiger partial charge in [0, 0.05) is 12.1 Å². The Hall–Kier alpha value is -0.820. The molecule has 1 aromatic carbocycles. The average molecular weight is 271 g/mol. The Bertz CT molecular complexity index is 451. The first-order valence-electron chi connectivity index (χ1n) is 8.64. The van der Waals surface area contributed by atoms with E-state index in [4.69, 9.17) is 0 Å². The van der Waals surface area contributed by atoms with Gasteiger partial charge in [-0.15, -0.1) is 0 Å². The van der Waals surface area contributed by atoms with Gasteiger partial charge in [0.1, 0.15) is 0 Å². The molecule has 1 fully saturated rings. The summed E-state index contributed by atoms with van der Waals surface area (Å²) in [6, 6.07) is 8.41. The minimum atomic E-state index is 0.501. The van der Waals surface area contributed by atoms with Crippen molar-refractivity contribution in [2.45, 2.75) is 77.3 Å². The van der Waals surface area contributed by atoms with Crippen molar-refractivity contribution < 1.29 is 0 Å². The Morgan fingerprint density at radius 1 is 1.15 bits per heavy atom. The summed E-state index contributed by atoms with van der Waals surface area (Å²) in [5.74, 6) is 0.952. The second kappa shape index (κ2) is 6.30. The summed E-state index contributed by atoms with van der Waals surface area (Å²) >= 11 is 0. The van der Waals surface area contributed by atoms with Gasteiger partial charge in [-0.2, -0.15) is 0 Å². The lowest BCUT2D eigenvalue weighted by Gasteiger charge is -2.31. The fourth-order valence-corrected chi connectivity index (χ4v) is 4.12. The molecular formula is C19H29N. The van der Waals surface area contributed by atoms with Crippen molar-refractivity contribution in [2.24, 2.45) is 5.92 Å². The molecule has 2 aliphatic rings. The quantitative estimate of drug-likeness (QED) is 0.830. The highest BCUT2D eigenvalue weighted by Gasteiger charge is 2.22. The molecule has 0 bridgehead atoms. The molecule has 0 aromatic heterocycles. The van der Waals surface area contributed by atoms with Gasteiger partial charge in [0.05, 0.1) is 0 Å². The molecule has 1 aromatic rings. The maximum Gasteiger partial charge on any atom is 0.0294 e. The van der Waals surface area contributed by atoms with E-state index in [0.29, 0.717) is 6.04 Å². The molecule has 0 heterocycles. The zero-order chi connectivity index (χ0) is 13.9. The van der Waals surface area contributed by atoms with Gasteiger partial charge in [0.15, 0.2) is 0 Å². The summed E-state index contributed by atoms with van der Waals surface area (Å²) in [7, 11) is 0. The smallest absolute Gasteiger partial charge is 0.0294 e. The van der Waals surface area contributed by atoms with E-state index in [-0.39, 0.29) is 0 Å². The van der Waals surface area contributed by atoms with Gasteiger partial charge < -0.3 is 5.32 Å². The molecule has 0 spiro atoms. The lowest BCUT2D eigenvalue weighted by atomic mass is 9.84. The van der Waals surface area contributed by atoms with E-state index in [0.717, 1.165) is 12.0 Å². The predicted octanol–water partition coefficient (Wildman–Crippen LogP) is 4.79. The van der Waals surface area contributed by atoms with E-state index >= 15 is 0 Å². The first-order chi connectivity index (χ1) is 9.76. The SMILES string of the molecule is CCC1CCCC(NC(C)c2ccc3c(c2)CCC3)C1. The first-order valence-corrected chi connectivity index (χ1v) is 8.64. The second-order valence-electron chi connectivity index (χ2n) is 6.91. The second-order valence-corrected chi connectivity index (χ2v) is 6.91. The molecule has 3 rings (SSSR count). The van der Waals surface area contributed by atoms with Crippen LogP contribution in [-0.4, -0.2) is 6.04 Å². The summed E-state index contributed by atoms with van der Waals surface area (Å²) in [5.41, 5.74) is 4.68. The summed E-state index contributed by atoms with van der Waals surface area (Å²) in [6.07, 6.45) is 10.9. The molecule has 0 saturated heterocycles. The molecule has 20 heavy (non-hydrogen) atoms. The molecule has 0 amide bonds. The average Bonchev–Trinajstić information content (AvgIpc) is 2.94. The Balaban J connectivity index is 1.62. The molecule has 3 unspecified atom stereocenters. The minimum absolute atomic E-state index is 0.501. The molecule has 1 N–H and O–H groups in total. The molecule has 3 atom stereocenters. The fraction of sp³-hybridized carbons (Fsp3) is 0.684. The van der Waals surface area contributed by atoms with Crippen molar-refractivity contribution in [1.82, 2.24) is 5.32 Å². The van der Waals surface area contributed by atoms with Crippen LogP contribution in [0.25, 0.3) is 0 Å². The van der Waals surface area contributed by atoms with E-state index in [1.807, 2.05) is 0 Å². The zero-order valence-electron chi connectivity index (χ0n) is 13.1. The van der Waals surface area contributed by atoms with E-state index in [1.165, 1.54) is 56.9 Å². The molecule has 1 heteroatoms. The summed E-state index contributed by atoms with van der Waals surface area (Å²) < 4.78 is 0. The number of fused-ring (bicyclic) bond motifs is 1. The number of aryl methyl sites for hydroxylation is 2. The van der Waals surface area contributed by atoms with Crippen molar-refractivity contribution in [1.29, 1.82) is 0 Å². The maximum absolute atomic E-state index is 3.89. The molecular weight excluding hydrogens is 242 g/mol. The van der Waals surface area contributed by atoms with Gasteiger partial charge in [-0.1, -0.05) is 44.4 Å². The van der Waals surface area contributed by atoms with Crippen LogP contribution < -0.4 is 5.32 Å². The van der Waals surface area contributed by atoms with Crippen LogP contribution in [0.15, 0.2) is 18.2 Å². The van der Waals surface area contributed by atoms with Crippen LogP contribution in [0, 0.1) is 5.92 Å². The van der Waals surface area contributed by atoms with Crippen molar-refractivity contribution in [3.63, 3.8) is 0 Å². The van der Waals surface area contributed by atoms with Crippen molar-refractivity contribution in [3.8, 4) is 0 Å². The van der Waals surface area contributed by atoms with Crippen LogP contribution in [0.3, 0.4) is 0 Å². The first kappa shape index (κ1) is 14.1. The molecule has 0 aliphatic heterocycles. The number of nitrogens with one attached hydrogen (secondary N) is 1. The van der Waals surface area contributed by atoms with Gasteiger partial charge >= 0.3 is 0 Å². The monoisotopic (exact) mass is 271 g/mol. The standard InChI is InChI=1S/C19H29N/c1-3-15-6-4-9-19(12-15)20-14(2)17-11-10-16-7-5-8-18(16)13-17/h10-11,13-15,19-20H,3-9,12H2,1-2H3. The summed E-state index contributed by atoms with van der Waals surface area (Å²) in [6.45, 7) is 4.68. The molecule has 1 nitrogen and oxygen atoms in total. The summed E-state index contributed by atoms with van der Waals surface area (Å²) in [5, 5.41) is 3.89. The van der Waals surface area contributed by atoms with Crippen LogP contribution in [0.1, 0.15) is 75.1 Å². The van der Waals surface area contributed by atoms with Crippen LogP contribution in [0.5, 0.6) is 0 Å². The molecule has 2 aliphatic carbocycles. The van der Waals surface area contributed by atoms with E-state index in [1.54, 1.807) is 11.1 Å². The van der Waals surface area contributed by atoms with E-state index < -0.39 is 0 Å². The molecule has 1 saturated carbocycles.